The van der Waals surface area contributed by atoms with E-state index >= 15 is 0 Å². The van der Waals surface area contributed by atoms with E-state index < -0.39 is 43.4 Å². The summed E-state index contributed by atoms with van der Waals surface area (Å²) in [4.78, 5) is 12.9. The minimum Gasteiger partial charge on any atom is -0.457 e. The van der Waals surface area contributed by atoms with Gasteiger partial charge in [0.2, 0.25) is 0 Å². The second-order valence-electron chi connectivity index (χ2n) is 17.6. The van der Waals surface area contributed by atoms with Crippen LogP contribution in [0.5, 0.6) is 0 Å². The van der Waals surface area contributed by atoms with Crippen LogP contribution < -0.4 is 0 Å². The number of rotatable bonds is 44. The predicted molar refractivity (Wildman–Crippen MR) is 283 cm³/mol. The van der Waals surface area contributed by atoms with Crippen LogP contribution in [0, 0.1) is 0 Å². The Bertz CT molecular complexity index is 1450. The average Bonchev–Trinajstić information content (AvgIpc) is 3.34. The summed E-state index contributed by atoms with van der Waals surface area (Å²) < 4.78 is 22.9. The maximum absolute atomic E-state index is 12.9. The smallest absolute Gasteiger partial charge is 0.306 e. The molecule has 6 unspecified atom stereocenters. The van der Waals surface area contributed by atoms with Gasteiger partial charge < -0.3 is 39.4 Å². The number of hydrogen-bond donors (Lipinski definition) is 4. The molecule has 1 aliphatic rings. The first kappa shape index (κ1) is 62.6. The van der Waals surface area contributed by atoms with Crippen LogP contribution in [0.15, 0.2) is 122 Å². The molecule has 386 valence electrons. The van der Waals surface area contributed by atoms with Gasteiger partial charge in [-0.25, -0.2) is 0 Å². The van der Waals surface area contributed by atoms with E-state index in [1.165, 1.54) is 32.1 Å². The SMILES string of the molecule is CC/C=C\C/C=C\C/C=C\C/C=C\C/C=C\CCCCCCCCCCCC(=O)OC(COCCCCCC/C=C\C/C=C\C/C=C\C/C=C\C/C=C\CC)COC1OC(CO)C(O)C(O)C1O. The maximum Gasteiger partial charge on any atom is 0.306 e. The van der Waals surface area contributed by atoms with Crippen molar-refractivity contribution in [2.24, 2.45) is 0 Å². The number of aliphatic hydroxyl groups is 4. The second kappa shape index (κ2) is 48.6. The highest BCUT2D eigenvalue weighted by Crippen LogP contribution is 2.22. The molecule has 1 rings (SSSR count). The third-order valence-corrected chi connectivity index (χ3v) is 11.4. The van der Waals surface area contributed by atoms with Gasteiger partial charge in [0.15, 0.2) is 6.29 Å². The van der Waals surface area contributed by atoms with Gasteiger partial charge in [0.25, 0.3) is 0 Å². The Balaban J connectivity index is 2.23. The van der Waals surface area contributed by atoms with E-state index in [4.69, 9.17) is 18.9 Å². The van der Waals surface area contributed by atoms with E-state index in [9.17, 15) is 25.2 Å². The Morgan fingerprint density at radius 1 is 0.471 bits per heavy atom. The summed E-state index contributed by atoms with van der Waals surface area (Å²) in [6.45, 7) is 4.25. The molecule has 1 aliphatic heterocycles. The van der Waals surface area contributed by atoms with E-state index in [1.54, 1.807) is 0 Å². The highest BCUT2D eigenvalue weighted by molar-refractivity contribution is 5.69. The number of hydrogen-bond acceptors (Lipinski definition) is 9. The summed E-state index contributed by atoms with van der Waals surface area (Å²) in [5.41, 5.74) is 0. The zero-order valence-electron chi connectivity index (χ0n) is 42.6. The van der Waals surface area contributed by atoms with Gasteiger partial charge in [0.05, 0.1) is 19.8 Å². The van der Waals surface area contributed by atoms with Crippen LogP contribution in [0.25, 0.3) is 0 Å². The molecular formula is C59H96O9. The summed E-state index contributed by atoms with van der Waals surface area (Å²) in [6.07, 6.45) is 63.7. The molecule has 0 spiro atoms. The molecule has 0 aliphatic carbocycles. The lowest BCUT2D eigenvalue weighted by atomic mass is 9.99. The van der Waals surface area contributed by atoms with Crippen molar-refractivity contribution in [2.45, 2.75) is 218 Å². The predicted octanol–water partition coefficient (Wildman–Crippen LogP) is 13.5. The second-order valence-corrected chi connectivity index (χ2v) is 17.6. The van der Waals surface area contributed by atoms with Gasteiger partial charge in [-0.1, -0.05) is 193 Å². The van der Waals surface area contributed by atoms with E-state index in [1.807, 2.05) is 0 Å². The van der Waals surface area contributed by atoms with Gasteiger partial charge in [-0.3, -0.25) is 4.79 Å². The molecule has 1 fully saturated rings. The van der Waals surface area contributed by atoms with Gasteiger partial charge in [-0.2, -0.15) is 0 Å². The van der Waals surface area contributed by atoms with Crippen molar-refractivity contribution in [1.29, 1.82) is 0 Å². The molecule has 6 atom stereocenters. The molecule has 9 heteroatoms. The number of esters is 1. The normalized spacial score (nSPS) is 20.1. The van der Waals surface area contributed by atoms with Crippen LogP contribution in [0.2, 0.25) is 0 Å². The fraction of sp³-hybridized carbons (Fsp3) is 0.644. The largest absolute Gasteiger partial charge is 0.457 e. The van der Waals surface area contributed by atoms with E-state index in [0.717, 1.165) is 128 Å². The summed E-state index contributed by atoms with van der Waals surface area (Å²) in [5.74, 6) is -0.335. The first-order valence-corrected chi connectivity index (χ1v) is 26.6. The molecule has 1 heterocycles. The molecule has 1 saturated heterocycles. The molecule has 0 amide bonds. The lowest BCUT2D eigenvalue weighted by Crippen LogP contribution is -2.59. The Labute approximate surface area is 414 Å². The number of unbranched alkanes of at least 4 members (excludes halogenated alkanes) is 13. The highest BCUT2D eigenvalue weighted by atomic mass is 16.7. The Morgan fingerprint density at radius 2 is 0.853 bits per heavy atom. The van der Waals surface area contributed by atoms with Crippen molar-refractivity contribution in [3.8, 4) is 0 Å². The van der Waals surface area contributed by atoms with Gasteiger partial charge in [-0.05, 0) is 103 Å². The number of carbonyl (C=O) groups is 1. The average molecular weight is 949 g/mol. The summed E-state index contributed by atoms with van der Waals surface area (Å²) in [5, 5.41) is 40.3. The molecule has 0 aromatic carbocycles. The van der Waals surface area contributed by atoms with Crippen LogP contribution in [-0.4, -0.2) is 89.6 Å². The topological polar surface area (TPSA) is 135 Å². The van der Waals surface area contributed by atoms with Crippen molar-refractivity contribution >= 4 is 5.97 Å². The zero-order valence-corrected chi connectivity index (χ0v) is 42.6. The minimum absolute atomic E-state index is 0.117. The highest BCUT2D eigenvalue weighted by Gasteiger charge is 2.44. The molecule has 4 N–H and O–H groups in total. The molecule has 0 bridgehead atoms. The Morgan fingerprint density at radius 3 is 1.28 bits per heavy atom. The van der Waals surface area contributed by atoms with Gasteiger partial charge in [0.1, 0.15) is 30.5 Å². The lowest BCUT2D eigenvalue weighted by Gasteiger charge is -2.39. The van der Waals surface area contributed by atoms with E-state index in [0.29, 0.717) is 13.0 Å². The van der Waals surface area contributed by atoms with Crippen molar-refractivity contribution in [1.82, 2.24) is 0 Å². The first-order valence-electron chi connectivity index (χ1n) is 26.6. The summed E-state index contributed by atoms with van der Waals surface area (Å²) in [7, 11) is 0. The number of carbonyl (C=O) groups excluding carboxylic acids is 1. The van der Waals surface area contributed by atoms with Gasteiger partial charge >= 0.3 is 5.97 Å². The third kappa shape index (κ3) is 38.4. The minimum atomic E-state index is -1.55. The standard InChI is InChI=1S/C59H96O9/c1-3-5-7-9-11-13-15-17-19-21-23-25-26-27-28-29-30-32-34-36-38-40-42-44-46-48-55(61)67-53(52-66-59-58(64)57(63)56(62)54(50-60)68-59)51-65-49-47-45-43-41-39-37-35-33-31-24-22-20-18-16-14-12-10-8-6-4-2/h5-8,11-14,17-20,23-25,27-28,31,35,37,53-54,56-60,62-64H,3-4,9-10,15-16,21-22,26,29-30,32-34,36,38-52H2,1-2H3/b7-5-,8-6-,13-11-,14-12-,19-17-,20-18-,25-23-,28-27-,31-24-,37-35-. The van der Waals surface area contributed by atoms with E-state index in [-0.39, 0.29) is 19.2 Å². The van der Waals surface area contributed by atoms with Crippen molar-refractivity contribution < 1.29 is 44.2 Å². The van der Waals surface area contributed by atoms with Gasteiger partial charge in [0, 0.05) is 13.0 Å². The molecule has 9 nitrogen and oxygen atoms in total. The molecule has 0 aromatic heterocycles. The molecular weight excluding hydrogens is 853 g/mol. The number of ether oxygens (including phenoxy) is 4. The summed E-state index contributed by atoms with van der Waals surface area (Å²) in [6, 6.07) is 0. The quantitative estimate of drug-likeness (QED) is 0.0267. The van der Waals surface area contributed by atoms with Crippen molar-refractivity contribution in [3.63, 3.8) is 0 Å². The lowest BCUT2D eigenvalue weighted by molar-refractivity contribution is -0.305. The third-order valence-electron chi connectivity index (χ3n) is 11.4. The Hall–Kier alpha value is -3.41. The van der Waals surface area contributed by atoms with E-state index in [2.05, 4.69) is 135 Å². The summed E-state index contributed by atoms with van der Waals surface area (Å²) >= 11 is 0. The molecule has 0 radical (unpaired) electrons. The number of allylic oxidation sites excluding steroid dienone is 20. The van der Waals surface area contributed by atoms with Crippen molar-refractivity contribution in [2.75, 3.05) is 26.4 Å². The van der Waals surface area contributed by atoms with Crippen LogP contribution in [0.4, 0.5) is 0 Å². The van der Waals surface area contributed by atoms with Gasteiger partial charge in [-0.15, -0.1) is 0 Å². The van der Waals surface area contributed by atoms with Crippen LogP contribution in [-0.2, 0) is 23.7 Å². The molecule has 0 saturated carbocycles. The number of aliphatic hydroxyl groups excluding tert-OH is 4. The first-order chi connectivity index (χ1) is 33.4. The maximum atomic E-state index is 12.9. The fourth-order valence-electron chi connectivity index (χ4n) is 7.31. The molecule has 0 aromatic rings. The fourth-order valence-corrected chi connectivity index (χ4v) is 7.31. The van der Waals surface area contributed by atoms with Crippen LogP contribution in [0.1, 0.15) is 181 Å². The van der Waals surface area contributed by atoms with Crippen molar-refractivity contribution in [3.05, 3.63) is 122 Å². The Kier molecular flexibility index (Phi) is 44.8. The van der Waals surface area contributed by atoms with Crippen LogP contribution >= 0.6 is 0 Å². The van der Waals surface area contributed by atoms with Crippen LogP contribution in [0.3, 0.4) is 0 Å². The zero-order chi connectivity index (χ0) is 49.2. The monoisotopic (exact) mass is 949 g/mol. The molecule has 68 heavy (non-hydrogen) atoms.